The largest absolute Gasteiger partial charge is 0.326 e. The molecule has 128 valence electrons. The number of nitrogens with zero attached hydrogens (tertiary/aromatic N) is 1. The van der Waals surface area contributed by atoms with Gasteiger partial charge in [-0.15, -0.1) is 0 Å². The number of carbonyl (C=O) groups is 2. The quantitative estimate of drug-likeness (QED) is 0.631. The molecule has 5 nitrogen and oxygen atoms in total. The summed E-state index contributed by atoms with van der Waals surface area (Å²) in [4.78, 5) is 24.0. The van der Waals surface area contributed by atoms with Gasteiger partial charge in [0.15, 0.2) is 0 Å². The number of carbonyl (C=O) groups excluding carboxylic acids is 2. The van der Waals surface area contributed by atoms with E-state index in [-0.39, 0.29) is 17.7 Å². The number of anilines is 1. The Morgan fingerprint density at radius 3 is 2.60 bits per heavy atom. The van der Waals surface area contributed by atoms with Gasteiger partial charge in [-0.1, -0.05) is 35.9 Å². The van der Waals surface area contributed by atoms with Crippen LogP contribution >= 0.6 is 11.6 Å². The minimum Gasteiger partial charge on any atom is -0.326 e. The van der Waals surface area contributed by atoms with Gasteiger partial charge >= 0.3 is 0 Å². The van der Waals surface area contributed by atoms with Crippen molar-refractivity contribution in [3.05, 3.63) is 64.7 Å². The summed E-state index contributed by atoms with van der Waals surface area (Å²) >= 11 is 6.00. The number of hydrogen-bond acceptors (Lipinski definition) is 3. The van der Waals surface area contributed by atoms with E-state index in [1.165, 1.54) is 0 Å². The third-order valence-corrected chi connectivity index (χ3v) is 4.27. The molecule has 0 bridgehead atoms. The predicted octanol–water partition coefficient (Wildman–Crippen LogP) is 3.84. The average molecular weight is 356 g/mol. The maximum absolute atomic E-state index is 12.1. The van der Waals surface area contributed by atoms with Crippen LogP contribution in [-0.2, 0) is 4.79 Å². The molecule has 0 atom stereocenters. The van der Waals surface area contributed by atoms with Crippen LogP contribution in [-0.4, -0.2) is 17.5 Å². The van der Waals surface area contributed by atoms with Gasteiger partial charge in [0.25, 0.3) is 5.91 Å². The van der Waals surface area contributed by atoms with Crippen molar-refractivity contribution in [3.63, 3.8) is 0 Å². The molecule has 0 spiro atoms. The molecule has 25 heavy (non-hydrogen) atoms. The summed E-state index contributed by atoms with van der Waals surface area (Å²) in [6, 6.07) is 14.2. The number of benzene rings is 2. The van der Waals surface area contributed by atoms with Crippen molar-refractivity contribution in [2.24, 2.45) is 11.0 Å². The second-order valence-electron chi connectivity index (χ2n) is 5.96. The molecule has 3 rings (SSSR count). The minimum absolute atomic E-state index is 0.0544. The average Bonchev–Trinajstić information content (AvgIpc) is 3.45. The lowest BCUT2D eigenvalue weighted by atomic mass is 10.1. The first kappa shape index (κ1) is 17.2. The van der Waals surface area contributed by atoms with Gasteiger partial charge < -0.3 is 5.32 Å². The van der Waals surface area contributed by atoms with Gasteiger partial charge in [0.1, 0.15) is 0 Å². The summed E-state index contributed by atoms with van der Waals surface area (Å²) in [7, 11) is 0. The fourth-order valence-electron chi connectivity index (χ4n) is 2.32. The summed E-state index contributed by atoms with van der Waals surface area (Å²) in [6.07, 6.45) is 1.92. The Morgan fingerprint density at radius 1 is 1.12 bits per heavy atom. The molecule has 0 heterocycles. The van der Waals surface area contributed by atoms with E-state index in [1.807, 2.05) is 24.3 Å². The Kier molecular flexibility index (Phi) is 5.14. The first-order chi connectivity index (χ1) is 12.0. The summed E-state index contributed by atoms with van der Waals surface area (Å²) < 4.78 is 0. The van der Waals surface area contributed by atoms with Crippen LogP contribution in [0.5, 0.6) is 0 Å². The van der Waals surface area contributed by atoms with Gasteiger partial charge in [0, 0.05) is 11.6 Å². The van der Waals surface area contributed by atoms with Crippen molar-refractivity contribution in [2.45, 2.75) is 19.8 Å². The summed E-state index contributed by atoms with van der Waals surface area (Å²) in [6.45, 7) is 1.79. The zero-order chi connectivity index (χ0) is 17.8. The standard InChI is InChI=1S/C19H18ClN3O2/c1-12(22-23-19(25)16-7-2-3-8-17(16)20)14-5-4-6-15(11-14)21-18(24)13-9-10-13/h2-8,11,13H,9-10H2,1H3,(H,21,24)(H,23,25)/b22-12-. The monoisotopic (exact) mass is 355 g/mol. The molecule has 1 fully saturated rings. The highest BCUT2D eigenvalue weighted by Gasteiger charge is 2.29. The molecule has 1 aliphatic carbocycles. The van der Waals surface area contributed by atoms with Crippen LogP contribution in [0.2, 0.25) is 5.02 Å². The van der Waals surface area contributed by atoms with Gasteiger partial charge in [-0.3, -0.25) is 9.59 Å². The zero-order valence-corrected chi connectivity index (χ0v) is 14.5. The molecule has 0 unspecified atom stereocenters. The van der Waals surface area contributed by atoms with Crippen LogP contribution in [0.15, 0.2) is 53.6 Å². The topological polar surface area (TPSA) is 70.6 Å². The van der Waals surface area contributed by atoms with Gasteiger partial charge in [0.2, 0.25) is 5.91 Å². The zero-order valence-electron chi connectivity index (χ0n) is 13.8. The van der Waals surface area contributed by atoms with E-state index in [1.54, 1.807) is 31.2 Å². The molecule has 0 aromatic heterocycles. The molecule has 2 aromatic carbocycles. The molecule has 2 aromatic rings. The second kappa shape index (κ2) is 7.49. The molecule has 1 aliphatic rings. The van der Waals surface area contributed by atoms with E-state index in [2.05, 4.69) is 15.8 Å². The van der Waals surface area contributed by atoms with Gasteiger partial charge in [-0.05, 0) is 49.6 Å². The molecule has 6 heteroatoms. The smallest absolute Gasteiger partial charge is 0.272 e. The molecular formula is C19H18ClN3O2. The van der Waals surface area contributed by atoms with E-state index in [0.29, 0.717) is 16.3 Å². The van der Waals surface area contributed by atoms with Crippen molar-refractivity contribution in [1.82, 2.24) is 5.43 Å². The van der Waals surface area contributed by atoms with E-state index >= 15 is 0 Å². The van der Waals surface area contributed by atoms with E-state index in [9.17, 15) is 9.59 Å². The third-order valence-electron chi connectivity index (χ3n) is 3.94. The number of nitrogens with one attached hydrogen (secondary N) is 2. The Hall–Kier alpha value is -2.66. The molecule has 0 aliphatic heterocycles. The number of amides is 2. The van der Waals surface area contributed by atoms with Crippen LogP contribution in [0, 0.1) is 5.92 Å². The van der Waals surface area contributed by atoms with Gasteiger partial charge in [0.05, 0.1) is 16.3 Å². The predicted molar refractivity (Wildman–Crippen MR) is 98.9 cm³/mol. The van der Waals surface area contributed by atoms with E-state index < -0.39 is 0 Å². The van der Waals surface area contributed by atoms with Crippen molar-refractivity contribution in [1.29, 1.82) is 0 Å². The van der Waals surface area contributed by atoms with Crippen LogP contribution in [0.1, 0.15) is 35.7 Å². The van der Waals surface area contributed by atoms with E-state index in [0.717, 1.165) is 24.1 Å². The Labute approximate surface area is 151 Å². The lowest BCUT2D eigenvalue weighted by Gasteiger charge is -2.07. The van der Waals surface area contributed by atoms with Crippen LogP contribution in [0.4, 0.5) is 5.69 Å². The molecule has 0 saturated heterocycles. The van der Waals surface area contributed by atoms with Crippen molar-refractivity contribution in [2.75, 3.05) is 5.32 Å². The Balaban J connectivity index is 1.68. The SMILES string of the molecule is C/C(=N/NC(=O)c1ccccc1Cl)c1cccc(NC(=O)C2CC2)c1. The third kappa shape index (κ3) is 4.45. The number of hydrogen-bond donors (Lipinski definition) is 2. The highest BCUT2D eigenvalue weighted by molar-refractivity contribution is 6.33. The highest BCUT2D eigenvalue weighted by Crippen LogP contribution is 2.30. The molecule has 2 amide bonds. The van der Waals surface area contributed by atoms with Gasteiger partial charge in [-0.25, -0.2) is 5.43 Å². The van der Waals surface area contributed by atoms with Crippen LogP contribution in [0.25, 0.3) is 0 Å². The van der Waals surface area contributed by atoms with Crippen molar-refractivity contribution >= 4 is 34.8 Å². The lowest BCUT2D eigenvalue weighted by Crippen LogP contribution is -2.19. The summed E-state index contributed by atoms with van der Waals surface area (Å²) in [5, 5.41) is 7.40. The van der Waals surface area contributed by atoms with E-state index in [4.69, 9.17) is 11.6 Å². The molecule has 2 N–H and O–H groups in total. The maximum atomic E-state index is 12.1. The summed E-state index contributed by atoms with van der Waals surface area (Å²) in [5.41, 5.74) is 5.03. The van der Waals surface area contributed by atoms with Crippen molar-refractivity contribution < 1.29 is 9.59 Å². The number of hydrazone groups is 1. The maximum Gasteiger partial charge on any atom is 0.272 e. The minimum atomic E-state index is -0.372. The first-order valence-electron chi connectivity index (χ1n) is 8.05. The Bertz CT molecular complexity index is 844. The molecule has 1 saturated carbocycles. The summed E-state index contributed by atoms with van der Waals surface area (Å²) in [5.74, 6) is -0.171. The van der Waals surface area contributed by atoms with Gasteiger partial charge in [-0.2, -0.15) is 5.10 Å². The second-order valence-corrected chi connectivity index (χ2v) is 6.37. The van der Waals surface area contributed by atoms with Crippen LogP contribution < -0.4 is 10.7 Å². The lowest BCUT2D eigenvalue weighted by molar-refractivity contribution is -0.117. The normalized spacial score (nSPS) is 14.1. The van der Waals surface area contributed by atoms with Crippen LogP contribution in [0.3, 0.4) is 0 Å². The molecular weight excluding hydrogens is 338 g/mol. The van der Waals surface area contributed by atoms with Crippen molar-refractivity contribution in [3.8, 4) is 0 Å². The number of halogens is 1. The first-order valence-corrected chi connectivity index (χ1v) is 8.43. The number of rotatable bonds is 5. The highest BCUT2D eigenvalue weighted by atomic mass is 35.5. The Morgan fingerprint density at radius 2 is 1.88 bits per heavy atom. The fourth-order valence-corrected chi connectivity index (χ4v) is 2.54. The fraction of sp³-hybridized carbons (Fsp3) is 0.211. The molecule has 0 radical (unpaired) electrons.